The standard InChI is InChI=1S/C14H17NO2/c16-11-10-15-8-6-13(7-9-15)14(17)12-4-2-1-3-5-12/h1-5,11,13H,6-10H2. The molecule has 1 fully saturated rings. The predicted octanol–water partition coefficient (Wildman–Crippen LogP) is 1.78. The summed E-state index contributed by atoms with van der Waals surface area (Å²) in [5.41, 5.74) is 0.807. The van der Waals surface area contributed by atoms with Crippen molar-refractivity contribution in [1.82, 2.24) is 4.90 Å². The van der Waals surface area contributed by atoms with E-state index in [1.807, 2.05) is 30.3 Å². The van der Waals surface area contributed by atoms with Gasteiger partial charge >= 0.3 is 0 Å². The molecule has 17 heavy (non-hydrogen) atoms. The number of nitrogens with zero attached hydrogens (tertiary/aromatic N) is 1. The number of carbonyl (C=O) groups excluding carboxylic acids is 2. The van der Waals surface area contributed by atoms with Crippen molar-refractivity contribution in [2.45, 2.75) is 12.8 Å². The maximum absolute atomic E-state index is 12.2. The molecule has 0 amide bonds. The van der Waals surface area contributed by atoms with Gasteiger partial charge in [-0.3, -0.25) is 9.69 Å². The van der Waals surface area contributed by atoms with Crippen LogP contribution in [0.5, 0.6) is 0 Å². The molecule has 1 aliphatic heterocycles. The predicted molar refractivity (Wildman–Crippen MR) is 66.0 cm³/mol. The number of benzene rings is 1. The third-order valence-electron chi connectivity index (χ3n) is 3.35. The zero-order chi connectivity index (χ0) is 12.1. The number of piperidine rings is 1. The van der Waals surface area contributed by atoms with Gasteiger partial charge in [-0.2, -0.15) is 0 Å². The van der Waals surface area contributed by atoms with Gasteiger partial charge in [0.2, 0.25) is 0 Å². The zero-order valence-corrected chi connectivity index (χ0v) is 9.84. The van der Waals surface area contributed by atoms with E-state index in [0.29, 0.717) is 6.54 Å². The minimum atomic E-state index is 0.125. The highest BCUT2D eigenvalue weighted by Gasteiger charge is 2.25. The molecule has 1 aliphatic rings. The largest absolute Gasteiger partial charge is 0.302 e. The quantitative estimate of drug-likeness (QED) is 0.585. The normalized spacial score (nSPS) is 17.9. The summed E-state index contributed by atoms with van der Waals surface area (Å²) in [6.07, 6.45) is 2.66. The summed E-state index contributed by atoms with van der Waals surface area (Å²) in [4.78, 5) is 24.7. The van der Waals surface area contributed by atoms with Crippen LogP contribution in [0.4, 0.5) is 0 Å². The van der Waals surface area contributed by atoms with E-state index in [2.05, 4.69) is 4.90 Å². The van der Waals surface area contributed by atoms with Gasteiger partial charge in [-0.05, 0) is 25.9 Å². The van der Waals surface area contributed by atoms with Gasteiger partial charge in [-0.1, -0.05) is 30.3 Å². The van der Waals surface area contributed by atoms with Gasteiger partial charge in [0, 0.05) is 11.5 Å². The van der Waals surface area contributed by atoms with Crippen LogP contribution in [-0.4, -0.2) is 36.6 Å². The van der Waals surface area contributed by atoms with E-state index in [0.717, 1.165) is 37.8 Å². The van der Waals surface area contributed by atoms with E-state index in [1.54, 1.807) is 0 Å². The molecule has 0 spiro atoms. The SMILES string of the molecule is O=CCN1CCC(C(=O)c2ccccc2)CC1. The number of rotatable bonds is 4. The van der Waals surface area contributed by atoms with Crippen molar-refractivity contribution < 1.29 is 9.59 Å². The van der Waals surface area contributed by atoms with Crippen LogP contribution in [0.3, 0.4) is 0 Å². The van der Waals surface area contributed by atoms with Gasteiger partial charge in [0.15, 0.2) is 5.78 Å². The summed E-state index contributed by atoms with van der Waals surface area (Å²) in [5.74, 6) is 0.372. The summed E-state index contributed by atoms with van der Waals surface area (Å²) in [5, 5.41) is 0. The van der Waals surface area contributed by atoms with Crippen molar-refractivity contribution in [2.75, 3.05) is 19.6 Å². The van der Waals surface area contributed by atoms with Crippen LogP contribution in [0.1, 0.15) is 23.2 Å². The van der Waals surface area contributed by atoms with E-state index in [-0.39, 0.29) is 11.7 Å². The fourth-order valence-electron chi connectivity index (χ4n) is 2.32. The minimum Gasteiger partial charge on any atom is -0.302 e. The lowest BCUT2D eigenvalue weighted by Crippen LogP contribution is -2.37. The highest BCUT2D eigenvalue weighted by atomic mass is 16.1. The molecular formula is C14H17NO2. The lowest BCUT2D eigenvalue weighted by atomic mass is 9.89. The molecule has 0 N–H and O–H groups in total. The first kappa shape index (κ1) is 12.0. The molecule has 3 heteroatoms. The Kier molecular flexibility index (Phi) is 4.04. The summed E-state index contributed by atoms with van der Waals surface area (Å²) in [7, 11) is 0. The molecule has 0 bridgehead atoms. The second kappa shape index (κ2) is 5.73. The Hall–Kier alpha value is -1.48. The number of Topliss-reactive ketones (excluding diaryl/α,β-unsaturated/α-hetero) is 1. The van der Waals surface area contributed by atoms with E-state index in [4.69, 9.17) is 0 Å². The van der Waals surface area contributed by atoms with Crippen LogP contribution in [0.2, 0.25) is 0 Å². The van der Waals surface area contributed by atoms with Crippen molar-refractivity contribution in [3.63, 3.8) is 0 Å². The topological polar surface area (TPSA) is 37.4 Å². The Bertz CT molecular complexity index is 380. The third-order valence-corrected chi connectivity index (χ3v) is 3.35. The lowest BCUT2D eigenvalue weighted by Gasteiger charge is -2.29. The summed E-state index contributed by atoms with van der Waals surface area (Å²) >= 11 is 0. The molecule has 90 valence electrons. The molecule has 1 aromatic rings. The number of likely N-dealkylation sites (tertiary alicyclic amines) is 1. The van der Waals surface area contributed by atoms with Crippen molar-refractivity contribution in [3.8, 4) is 0 Å². The number of hydrogen-bond donors (Lipinski definition) is 0. The summed E-state index contributed by atoms with van der Waals surface area (Å²) in [6, 6.07) is 9.47. The molecule has 1 aromatic carbocycles. The molecule has 0 saturated carbocycles. The van der Waals surface area contributed by atoms with Gasteiger partial charge in [0.1, 0.15) is 6.29 Å². The van der Waals surface area contributed by atoms with Crippen LogP contribution < -0.4 is 0 Å². The first-order valence-corrected chi connectivity index (χ1v) is 6.06. The summed E-state index contributed by atoms with van der Waals surface area (Å²) < 4.78 is 0. The highest BCUT2D eigenvalue weighted by molar-refractivity contribution is 5.97. The van der Waals surface area contributed by atoms with Crippen molar-refractivity contribution in [1.29, 1.82) is 0 Å². The molecule has 1 heterocycles. The average Bonchev–Trinajstić information content (AvgIpc) is 2.40. The first-order valence-electron chi connectivity index (χ1n) is 6.06. The maximum atomic E-state index is 12.2. The Morgan fingerprint density at radius 3 is 2.47 bits per heavy atom. The molecule has 3 nitrogen and oxygen atoms in total. The van der Waals surface area contributed by atoms with Crippen LogP contribution in [0, 0.1) is 5.92 Å². The van der Waals surface area contributed by atoms with Crippen LogP contribution >= 0.6 is 0 Å². The molecule has 2 rings (SSSR count). The lowest BCUT2D eigenvalue weighted by molar-refractivity contribution is -0.109. The van der Waals surface area contributed by atoms with Gasteiger partial charge in [-0.15, -0.1) is 0 Å². The Morgan fingerprint density at radius 1 is 1.24 bits per heavy atom. The average molecular weight is 231 g/mol. The van der Waals surface area contributed by atoms with Gasteiger partial charge in [-0.25, -0.2) is 0 Å². The number of hydrogen-bond acceptors (Lipinski definition) is 3. The van der Waals surface area contributed by atoms with E-state index < -0.39 is 0 Å². The fraction of sp³-hybridized carbons (Fsp3) is 0.429. The van der Waals surface area contributed by atoms with Crippen LogP contribution in [-0.2, 0) is 4.79 Å². The Morgan fingerprint density at radius 2 is 1.88 bits per heavy atom. The second-order valence-electron chi connectivity index (χ2n) is 4.47. The first-order chi connectivity index (χ1) is 8.31. The third kappa shape index (κ3) is 3.01. The Balaban J connectivity index is 1.93. The molecule has 0 unspecified atom stereocenters. The van der Waals surface area contributed by atoms with E-state index in [9.17, 15) is 9.59 Å². The zero-order valence-electron chi connectivity index (χ0n) is 9.84. The van der Waals surface area contributed by atoms with Gasteiger partial charge < -0.3 is 4.79 Å². The smallest absolute Gasteiger partial charge is 0.166 e. The summed E-state index contributed by atoms with van der Waals surface area (Å²) in [6.45, 7) is 2.19. The molecule has 0 aliphatic carbocycles. The maximum Gasteiger partial charge on any atom is 0.166 e. The molecule has 0 radical (unpaired) electrons. The van der Waals surface area contributed by atoms with E-state index >= 15 is 0 Å². The van der Waals surface area contributed by atoms with E-state index in [1.165, 1.54) is 0 Å². The van der Waals surface area contributed by atoms with Crippen molar-refractivity contribution in [3.05, 3.63) is 35.9 Å². The second-order valence-corrected chi connectivity index (χ2v) is 4.47. The molecule has 0 aromatic heterocycles. The number of aldehydes is 1. The van der Waals surface area contributed by atoms with Crippen LogP contribution in [0.25, 0.3) is 0 Å². The fourth-order valence-corrected chi connectivity index (χ4v) is 2.32. The number of ketones is 1. The highest BCUT2D eigenvalue weighted by Crippen LogP contribution is 2.21. The minimum absolute atomic E-state index is 0.125. The van der Waals surface area contributed by atoms with Crippen molar-refractivity contribution in [2.24, 2.45) is 5.92 Å². The molecular weight excluding hydrogens is 214 g/mol. The Labute approximate surface area is 101 Å². The molecule has 1 saturated heterocycles. The van der Waals surface area contributed by atoms with Crippen LogP contribution in [0.15, 0.2) is 30.3 Å². The van der Waals surface area contributed by atoms with Gasteiger partial charge in [0.05, 0.1) is 6.54 Å². The number of carbonyl (C=O) groups is 2. The molecule has 0 atom stereocenters. The van der Waals surface area contributed by atoms with Gasteiger partial charge in [0.25, 0.3) is 0 Å². The monoisotopic (exact) mass is 231 g/mol. The van der Waals surface area contributed by atoms with Crippen molar-refractivity contribution >= 4 is 12.1 Å².